The van der Waals surface area contributed by atoms with E-state index < -0.39 is 17.3 Å². The summed E-state index contributed by atoms with van der Waals surface area (Å²) in [4.78, 5) is 22.9. The highest BCUT2D eigenvalue weighted by Crippen LogP contribution is 2.30. The lowest BCUT2D eigenvalue weighted by atomic mass is 10.1. The molecule has 0 amide bonds. The summed E-state index contributed by atoms with van der Waals surface area (Å²) < 4.78 is 5.24. The Morgan fingerprint density at radius 2 is 2.00 bits per heavy atom. The molecule has 0 aromatic heterocycles. The number of rotatable bonds is 9. The number of hydrogen-bond acceptors (Lipinski definition) is 5. The Balaban J connectivity index is 2.71. The van der Waals surface area contributed by atoms with Crippen LogP contribution in [0.25, 0.3) is 0 Å². The van der Waals surface area contributed by atoms with Crippen molar-refractivity contribution < 1.29 is 19.4 Å². The first-order valence-electron chi connectivity index (χ1n) is 6.87. The van der Waals surface area contributed by atoms with E-state index in [1.54, 1.807) is 0 Å². The summed E-state index contributed by atoms with van der Waals surface area (Å²) in [5.41, 5.74) is 6.29. The van der Waals surface area contributed by atoms with Gasteiger partial charge < -0.3 is 15.6 Å². The van der Waals surface area contributed by atoms with Gasteiger partial charge >= 0.3 is 11.9 Å². The molecule has 0 aliphatic heterocycles. The van der Waals surface area contributed by atoms with Crippen molar-refractivity contribution in [2.45, 2.75) is 31.1 Å². The number of ether oxygens (including phenoxy) is 1. The van der Waals surface area contributed by atoms with Gasteiger partial charge in [-0.15, -0.1) is 11.8 Å². The Bertz CT molecular complexity index is 452. The fourth-order valence-corrected chi connectivity index (χ4v) is 2.69. The maximum Gasteiger partial charge on any atom is 0.323 e. The minimum absolute atomic E-state index is 0.151. The van der Waals surface area contributed by atoms with Crippen LogP contribution in [-0.2, 0) is 14.3 Å². The second kappa shape index (κ2) is 9.41. The number of unbranched alkanes of at least 4 members (excludes halogenated alkanes) is 1. The molecule has 6 heteroatoms. The first-order valence-corrected chi connectivity index (χ1v) is 7.92. The molecule has 116 valence electrons. The normalized spacial score (nSPS) is 13.4. The highest BCUT2D eigenvalue weighted by Gasteiger charge is 2.24. The van der Waals surface area contributed by atoms with E-state index in [0.29, 0.717) is 6.61 Å². The molecular formula is C15H21NO4S. The van der Waals surface area contributed by atoms with Crippen LogP contribution >= 0.6 is 11.8 Å². The van der Waals surface area contributed by atoms with E-state index in [1.807, 2.05) is 37.3 Å². The summed E-state index contributed by atoms with van der Waals surface area (Å²) >= 11 is 1.20. The fourth-order valence-electron chi connectivity index (χ4n) is 1.59. The highest BCUT2D eigenvalue weighted by molar-refractivity contribution is 8.00. The SMILES string of the molecule is CCCCOC(=O)C(SCC(N)C(=O)O)c1ccccc1. The van der Waals surface area contributed by atoms with Gasteiger partial charge in [-0.05, 0) is 12.0 Å². The maximum atomic E-state index is 12.2. The van der Waals surface area contributed by atoms with E-state index in [0.717, 1.165) is 18.4 Å². The first kappa shape index (κ1) is 17.5. The molecule has 0 heterocycles. The quantitative estimate of drug-likeness (QED) is 0.537. The molecule has 0 fully saturated rings. The van der Waals surface area contributed by atoms with Gasteiger partial charge in [0.2, 0.25) is 0 Å². The van der Waals surface area contributed by atoms with Gasteiger partial charge in [-0.3, -0.25) is 9.59 Å². The minimum Gasteiger partial charge on any atom is -0.480 e. The van der Waals surface area contributed by atoms with Gasteiger partial charge in [0.05, 0.1) is 6.61 Å². The van der Waals surface area contributed by atoms with Crippen molar-refractivity contribution in [2.24, 2.45) is 5.73 Å². The number of carboxylic acid groups (broad SMARTS) is 1. The third kappa shape index (κ3) is 6.18. The molecule has 2 unspecified atom stereocenters. The molecule has 0 spiro atoms. The number of carboxylic acids is 1. The van der Waals surface area contributed by atoms with Gasteiger partial charge in [-0.1, -0.05) is 43.7 Å². The number of hydrogen-bond donors (Lipinski definition) is 2. The molecule has 21 heavy (non-hydrogen) atoms. The highest BCUT2D eigenvalue weighted by atomic mass is 32.2. The second-order valence-electron chi connectivity index (χ2n) is 4.59. The average Bonchev–Trinajstić information content (AvgIpc) is 2.48. The maximum absolute atomic E-state index is 12.2. The summed E-state index contributed by atoms with van der Waals surface area (Å²) in [6.07, 6.45) is 1.76. The standard InChI is InChI=1S/C15H21NO4S/c1-2-3-9-20-15(19)13(11-7-5-4-6-8-11)21-10-12(16)14(17)18/h4-8,12-13H,2-3,9-10,16H2,1H3,(H,17,18). The van der Waals surface area contributed by atoms with Gasteiger partial charge in [0, 0.05) is 5.75 Å². The van der Waals surface area contributed by atoms with Crippen molar-refractivity contribution in [1.82, 2.24) is 0 Å². The predicted molar refractivity (Wildman–Crippen MR) is 83.1 cm³/mol. The van der Waals surface area contributed by atoms with Crippen LogP contribution in [0.2, 0.25) is 0 Å². The van der Waals surface area contributed by atoms with E-state index >= 15 is 0 Å². The minimum atomic E-state index is -1.08. The van der Waals surface area contributed by atoms with Crippen LogP contribution in [0.3, 0.4) is 0 Å². The Morgan fingerprint density at radius 1 is 1.33 bits per heavy atom. The summed E-state index contributed by atoms with van der Waals surface area (Å²) in [6, 6.07) is 8.18. The molecule has 0 saturated heterocycles. The lowest BCUT2D eigenvalue weighted by Crippen LogP contribution is -2.33. The average molecular weight is 311 g/mol. The van der Waals surface area contributed by atoms with Crippen LogP contribution in [-0.4, -0.2) is 35.4 Å². The van der Waals surface area contributed by atoms with Gasteiger partial charge in [-0.2, -0.15) is 0 Å². The van der Waals surface area contributed by atoms with Crippen molar-refractivity contribution in [3.8, 4) is 0 Å². The van der Waals surface area contributed by atoms with Gasteiger partial charge in [0.1, 0.15) is 11.3 Å². The molecule has 1 aromatic carbocycles. The Hall–Kier alpha value is -1.53. The van der Waals surface area contributed by atoms with Crippen molar-refractivity contribution in [1.29, 1.82) is 0 Å². The van der Waals surface area contributed by atoms with Crippen LogP contribution < -0.4 is 5.73 Å². The van der Waals surface area contributed by atoms with Crippen LogP contribution in [0.5, 0.6) is 0 Å². The number of carbonyl (C=O) groups is 2. The van der Waals surface area contributed by atoms with Crippen LogP contribution in [0.15, 0.2) is 30.3 Å². The Labute approximate surface area is 128 Å². The molecule has 0 aliphatic rings. The lowest BCUT2D eigenvalue weighted by molar-refractivity contribution is -0.143. The largest absolute Gasteiger partial charge is 0.480 e. The molecule has 0 saturated carbocycles. The number of esters is 1. The molecular weight excluding hydrogens is 290 g/mol. The predicted octanol–water partition coefficient (Wildman–Crippen LogP) is 2.22. The first-order chi connectivity index (χ1) is 10.1. The molecule has 0 aliphatic carbocycles. The van der Waals surface area contributed by atoms with Crippen LogP contribution in [0.4, 0.5) is 0 Å². The summed E-state index contributed by atoms with van der Waals surface area (Å²) in [5, 5.41) is 8.28. The lowest BCUT2D eigenvalue weighted by Gasteiger charge is -2.17. The van der Waals surface area contributed by atoms with Crippen molar-refractivity contribution in [3.05, 3.63) is 35.9 Å². The summed E-state index contributed by atoms with van der Waals surface area (Å²) in [7, 11) is 0. The summed E-state index contributed by atoms with van der Waals surface area (Å²) in [6.45, 7) is 2.40. The molecule has 3 N–H and O–H groups in total. The van der Waals surface area contributed by atoms with Crippen molar-refractivity contribution >= 4 is 23.7 Å². The zero-order valence-electron chi connectivity index (χ0n) is 12.0. The molecule has 2 atom stereocenters. The van der Waals surface area contributed by atoms with Crippen molar-refractivity contribution in [2.75, 3.05) is 12.4 Å². The van der Waals surface area contributed by atoms with Gasteiger partial charge in [0.25, 0.3) is 0 Å². The number of nitrogens with two attached hydrogens (primary N) is 1. The smallest absolute Gasteiger partial charge is 0.323 e. The number of benzene rings is 1. The third-order valence-electron chi connectivity index (χ3n) is 2.82. The molecule has 0 bridgehead atoms. The van der Waals surface area contributed by atoms with Crippen LogP contribution in [0.1, 0.15) is 30.6 Å². The number of aliphatic carboxylic acids is 1. The van der Waals surface area contributed by atoms with E-state index in [1.165, 1.54) is 11.8 Å². The van der Waals surface area contributed by atoms with E-state index in [2.05, 4.69) is 0 Å². The second-order valence-corrected chi connectivity index (χ2v) is 5.73. The summed E-state index contributed by atoms with van der Waals surface area (Å²) in [5.74, 6) is -1.27. The topological polar surface area (TPSA) is 89.6 Å². The Kier molecular flexibility index (Phi) is 7.85. The van der Waals surface area contributed by atoms with E-state index in [9.17, 15) is 9.59 Å². The monoisotopic (exact) mass is 311 g/mol. The van der Waals surface area contributed by atoms with E-state index in [-0.39, 0.29) is 11.7 Å². The molecule has 0 radical (unpaired) electrons. The van der Waals surface area contributed by atoms with Crippen molar-refractivity contribution in [3.63, 3.8) is 0 Å². The van der Waals surface area contributed by atoms with Crippen LogP contribution in [0, 0.1) is 0 Å². The number of thioether (sulfide) groups is 1. The molecule has 5 nitrogen and oxygen atoms in total. The fraction of sp³-hybridized carbons (Fsp3) is 0.467. The molecule has 1 rings (SSSR count). The zero-order chi connectivity index (χ0) is 15.7. The number of carbonyl (C=O) groups excluding carboxylic acids is 1. The van der Waals surface area contributed by atoms with Gasteiger partial charge in [-0.25, -0.2) is 0 Å². The Morgan fingerprint density at radius 3 is 2.57 bits per heavy atom. The van der Waals surface area contributed by atoms with Gasteiger partial charge in [0.15, 0.2) is 0 Å². The molecule has 1 aromatic rings. The van der Waals surface area contributed by atoms with E-state index in [4.69, 9.17) is 15.6 Å². The zero-order valence-corrected chi connectivity index (χ0v) is 12.8. The third-order valence-corrected chi connectivity index (χ3v) is 4.17.